The number of hydrogen-bond donors (Lipinski definition) is 4. The zero-order valence-corrected chi connectivity index (χ0v) is 20.8. The van der Waals surface area contributed by atoms with E-state index in [0.717, 1.165) is 12.0 Å². The zero-order valence-electron chi connectivity index (χ0n) is 20.0. The first-order chi connectivity index (χ1) is 16.7. The van der Waals surface area contributed by atoms with Crippen LogP contribution in [0.3, 0.4) is 0 Å². The van der Waals surface area contributed by atoms with Gasteiger partial charge >= 0.3 is 0 Å². The summed E-state index contributed by atoms with van der Waals surface area (Å²) in [5.41, 5.74) is 7.11. The Labute approximate surface area is 204 Å². The third-order valence-electron chi connectivity index (χ3n) is 6.06. The fourth-order valence-corrected chi connectivity index (χ4v) is 5.25. The molecular weight excluding hydrogens is 476 g/mol. The lowest BCUT2D eigenvalue weighted by atomic mass is 10.1. The van der Waals surface area contributed by atoms with Crippen molar-refractivity contribution in [3.63, 3.8) is 0 Å². The number of amidine groups is 1. The molecule has 2 aliphatic heterocycles. The molecule has 1 aromatic heterocycles. The summed E-state index contributed by atoms with van der Waals surface area (Å²) in [7, 11) is -1.29. The average Bonchev–Trinajstić information content (AvgIpc) is 3.53. The average molecular weight is 507 g/mol. The van der Waals surface area contributed by atoms with Gasteiger partial charge in [-0.2, -0.15) is 10.1 Å². The number of aliphatic hydroxyl groups excluding tert-OH is 1. The van der Waals surface area contributed by atoms with Crippen molar-refractivity contribution in [1.29, 1.82) is 0 Å². The van der Waals surface area contributed by atoms with E-state index in [0.29, 0.717) is 36.1 Å². The van der Waals surface area contributed by atoms with Gasteiger partial charge in [-0.3, -0.25) is 0 Å². The van der Waals surface area contributed by atoms with E-state index in [-0.39, 0.29) is 11.7 Å². The zero-order chi connectivity index (χ0) is 25.2. The minimum atomic E-state index is -4.24. The predicted octanol–water partition coefficient (Wildman–Crippen LogP) is 0.497. The highest BCUT2D eigenvalue weighted by molar-refractivity contribution is 7.90. The molecule has 0 spiro atoms. The second kappa shape index (κ2) is 10.0. The van der Waals surface area contributed by atoms with Gasteiger partial charge in [-0.25, -0.2) is 23.4 Å². The molecule has 3 unspecified atom stereocenters. The topological polar surface area (TPSA) is 156 Å². The van der Waals surface area contributed by atoms with E-state index in [1.807, 2.05) is 0 Å². The quantitative estimate of drug-likeness (QED) is 0.378. The van der Waals surface area contributed by atoms with Gasteiger partial charge in [0.25, 0.3) is 0 Å². The van der Waals surface area contributed by atoms with E-state index in [9.17, 15) is 13.5 Å². The van der Waals surface area contributed by atoms with E-state index in [1.54, 1.807) is 25.1 Å². The standard InChI is InChI=1S/C22H30N6O6S/c1-13-10-23-21(24-11-13)19(29)14(2)35(30,31)28-22(18-16(32-3)6-5-7-17(18)33-4)25-20(26-27-22)15-8-9-34-12-15/h5-7,10-11,14-15,19,27-29H,8-9,12H2,1-4H3,(H,25,26)/t14?,15-,19?,22?/m1/s1. The number of methoxy groups -OCH3 is 2. The van der Waals surface area contributed by atoms with E-state index in [4.69, 9.17) is 19.2 Å². The Morgan fingerprint density at radius 2 is 1.89 bits per heavy atom. The molecule has 0 aliphatic carbocycles. The molecule has 35 heavy (non-hydrogen) atoms. The lowest BCUT2D eigenvalue weighted by Gasteiger charge is -2.31. The van der Waals surface area contributed by atoms with Crippen LogP contribution in [-0.2, 0) is 20.5 Å². The van der Waals surface area contributed by atoms with Crippen molar-refractivity contribution >= 4 is 15.9 Å². The number of nitrogens with zero attached hydrogens (tertiary/aromatic N) is 3. The van der Waals surface area contributed by atoms with Crippen LogP contribution in [0.1, 0.15) is 36.4 Å². The molecule has 4 atom stereocenters. The van der Waals surface area contributed by atoms with E-state index < -0.39 is 27.2 Å². The molecular formula is C22H30N6O6S. The Morgan fingerprint density at radius 3 is 2.46 bits per heavy atom. The smallest absolute Gasteiger partial charge is 0.229 e. The van der Waals surface area contributed by atoms with Gasteiger partial charge in [0.15, 0.2) is 5.82 Å². The van der Waals surface area contributed by atoms with Crippen LogP contribution in [0, 0.1) is 12.8 Å². The maximum Gasteiger partial charge on any atom is 0.229 e. The van der Waals surface area contributed by atoms with Crippen molar-refractivity contribution in [3.8, 4) is 11.5 Å². The van der Waals surface area contributed by atoms with Crippen LogP contribution < -0.4 is 25.0 Å². The summed E-state index contributed by atoms with van der Waals surface area (Å²) in [5.74, 6) is -0.529. The maximum atomic E-state index is 13.6. The first-order valence-electron chi connectivity index (χ1n) is 11.1. The van der Waals surface area contributed by atoms with Gasteiger partial charge in [0.05, 0.1) is 26.4 Å². The minimum Gasteiger partial charge on any atom is -0.496 e. The van der Waals surface area contributed by atoms with Crippen LogP contribution in [0.15, 0.2) is 35.6 Å². The fraction of sp³-hybridized carbons (Fsp3) is 0.500. The Kier molecular flexibility index (Phi) is 7.24. The molecule has 13 heteroatoms. The molecule has 12 nitrogen and oxygen atoms in total. The van der Waals surface area contributed by atoms with Gasteiger partial charge < -0.3 is 24.7 Å². The summed E-state index contributed by atoms with van der Waals surface area (Å²) >= 11 is 0. The Balaban J connectivity index is 1.76. The van der Waals surface area contributed by atoms with Crippen LogP contribution in [0.2, 0.25) is 0 Å². The van der Waals surface area contributed by atoms with Crippen LogP contribution in [0.4, 0.5) is 0 Å². The summed E-state index contributed by atoms with van der Waals surface area (Å²) in [6, 6.07) is 5.09. The van der Waals surface area contributed by atoms with Gasteiger partial charge in [-0.15, -0.1) is 0 Å². The summed E-state index contributed by atoms with van der Waals surface area (Å²) < 4.78 is 46.4. The number of sulfonamides is 1. The summed E-state index contributed by atoms with van der Waals surface area (Å²) in [4.78, 5) is 12.9. The monoisotopic (exact) mass is 506 g/mol. The SMILES string of the molecule is COc1cccc(OC)c1C1(NS(=O)(=O)C(C)C(O)c2ncc(C)cn2)N=C([C@@H]2CCOC2)NN1. The summed E-state index contributed by atoms with van der Waals surface area (Å²) in [5, 5.41) is 9.47. The highest BCUT2D eigenvalue weighted by Crippen LogP contribution is 2.40. The van der Waals surface area contributed by atoms with Crippen molar-refractivity contribution in [2.24, 2.45) is 10.9 Å². The number of nitrogens with one attached hydrogen (secondary N) is 3. The highest BCUT2D eigenvalue weighted by Gasteiger charge is 2.48. The van der Waals surface area contributed by atoms with Gasteiger partial charge in [-0.05, 0) is 38.0 Å². The van der Waals surface area contributed by atoms with Crippen LogP contribution in [-0.4, -0.2) is 62.0 Å². The number of ether oxygens (including phenoxy) is 3. The van der Waals surface area contributed by atoms with E-state index >= 15 is 0 Å². The van der Waals surface area contributed by atoms with Crippen LogP contribution in [0.25, 0.3) is 0 Å². The number of hydrazine groups is 1. The van der Waals surface area contributed by atoms with Crippen molar-refractivity contribution in [2.45, 2.75) is 37.4 Å². The molecule has 0 amide bonds. The number of rotatable bonds is 9. The van der Waals surface area contributed by atoms with Gasteiger partial charge in [0.2, 0.25) is 15.8 Å². The molecule has 1 aromatic carbocycles. The number of aliphatic imine (C=N–C) groups is 1. The minimum absolute atomic E-state index is 0.00204. The summed E-state index contributed by atoms with van der Waals surface area (Å²) in [6.07, 6.45) is 2.29. The number of hydrogen-bond acceptors (Lipinski definition) is 11. The molecule has 3 heterocycles. The molecule has 4 rings (SSSR count). The molecule has 2 aromatic rings. The Hall–Kier alpha value is -2.84. The molecule has 0 saturated carbocycles. The second-order valence-corrected chi connectivity index (χ2v) is 10.5. The lowest BCUT2D eigenvalue weighted by molar-refractivity contribution is 0.164. The maximum absolute atomic E-state index is 13.6. The molecule has 0 bridgehead atoms. The predicted molar refractivity (Wildman–Crippen MR) is 127 cm³/mol. The highest BCUT2D eigenvalue weighted by atomic mass is 32.2. The van der Waals surface area contributed by atoms with Crippen molar-refractivity contribution in [1.82, 2.24) is 25.5 Å². The van der Waals surface area contributed by atoms with Gasteiger partial charge in [-0.1, -0.05) is 6.07 Å². The third-order valence-corrected chi connectivity index (χ3v) is 7.87. The van der Waals surface area contributed by atoms with Gasteiger partial charge in [0.1, 0.15) is 28.7 Å². The van der Waals surface area contributed by atoms with Crippen molar-refractivity contribution < 1.29 is 27.7 Å². The third kappa shape index (κ3) is 4.95. The molecule has 190 valence electrons. The summed E-state index contributed by atoms with van der Waals surface area (Å²) in [6.45, 7) is 4.22. The molecule has 4 N–H and O–H groups in total. The lowest BCUT2D eigenvalue weighted by Crippen LogP contribution is -2.57. The van der Waals surface area contributed by atoms with Gasteiger partial charge in [0, 0.05) is 24.9 Å². The fourth-order valence-electron chi connectivity index (χ4n) is 3.99. The first kappa shape index (κ1) is 25.3. The number of aromatic nitrogens is 2. The van der Waals surface area contributed by atoms with Crippen LogP contribution in [0.5, 0.6) is 11.5 Å². The molecule has 1 saturated heterocycles. The van der Waals surface area contributed by atoms with E-state index in [1.165, 1.54) is 33.5 Å². The molecule has 2 aliphatic rings. The Bertz CT molecular complexity index is 1160. The first-order valence-corrected chi connectivity index (χ1v) is 12.7. The Morgan fingerprint density at radius 1 is 1.23 bits per heavy atom. The normalized spacial score (nSPS) is 23.9. The van der Waals surface area contributed by atoms with Crippen molar-refractivity contribution in [3.05, 3.63) is 47.5 Å². The molecule has 1 fully saturated rings. The number of aliphatic hydroxyl groups is 1. The largest absolute Gasteiger partial charge is 0.496 e. The van der Waals surface area contributed by atoms with Crippen LogP contribution >= 0.6 is 0 Å². The number of benzene rings is 1. The van der Waals surface area contributed by atoms with E-state index in [2.05, 4.69) is 25.5 Å². The molecule has 0 radical (unpaired) electrons. The second-order valence-electron chi connectivity index (χ2n) is 8.47. The van der Waals surface area contributed by atoms with Crippen molar-refractivity contribution in [2.75, 3.05) is 27.4 Å². The number of aryl methyl sites for hydroxylation is 1.